The number of hydrogen-bond acceptors (Lipinski definition) is 6. The van der Waals surface area contributed by atoms with E-state index >= 15 is 0 Å². The van der Waals surface area contributed by atoms with Crippen LogP contribution in [-0.4, -0.2) is 63.3 Å². The largest absolute Gasteiger partial charge is 0.496 e. The van der Waals surface area contributed by atoms with Crippen molar-refractivity contribution in [3.05, 3.63) is 71.5 Å². The summed E-state index contributed by atoms with van der Waals surface area (Å²) in [6, 6.07) is 18.9. The number of halogens is 1. The molecule has 1 aromatic heterocycles. The number of nitrogens with zero attached hydrogens (tertiary/aromatic N) is 6. The molecule has 1 atom stereocenters. The third-order valence-electron chi connectivity index (χ3n) is 5.85. The predicted molar refractivity (Wildman–Crippen MR) is 128 cm³/mol. The van der Waals surface area contributed by atoms with Crippen molar-refractivity contribution in [2.24, 2.45) is 0 Å². The molecule has 172 valence electrons. The lowest BCUT2D eigenvalue weighted by atomic mass is 10.0. The molecule has 1 unspecified atom stereocenters. The van der Waals surface area contributed by atoms with E-state index in [-0.39, 0.29) is 24.0 Å². The summed E-state index contributed by atoms with van der Waals surface area (Å²) in [6.07, 6.45) is 0. The Morgan fingerprint density at radius 3 is 2.25 bits per heavy atom. The van der Waals surface area contributed by atoms with E-state index in [0.29, 0.717) is 0 Å². The van der Waals surface area contributed by atoms with Gasteiger partial charge in [0, 0.05) is 38.3 Å². The van der Waals surface area contributed by atoms with Crippen LogP contribution in [0, 0.1) is 0 Å². The summed E-state index contributed by atoms with van der Waals surface area (Å²) < 4.78 is 7.50. The second-order valence-corrected chi connectivity index (χ2v) is 9.06. The average Bonchev–Trinajstić information content (AvgIpc) is 3.26. The Morgan fingerprint density at radius 1 is 0.938 bits per heavy atom. The fourth-order valence-electron chi connectivity index (χ4n) is 4.25. The van der Waals surface area contributed by atoms with E-state index in [2.05, 4.69) is 88.6 Å². The Morgan fingerprint density at radius 2 is 1.59 bits per heavy atom. The van der Waals surface area contributed by atoms with Gasteiger partial charge in [0.15, 0.2) is 5.82 Å². The molecule has 1 aliphatic rings. The summed E-state index contributed by atoms with van der Waals surface area (Å²) in [5.41, 5.74) is 2.27. The van der Waals surface area contributed by atoms with Crippen molar-refractivity contribution in [2.75, 3.05) is 33.3 Å². The molecule has 2 heterocycles. The zero-order valence-corrected chi connectivity index (χ0v) is 20.1. The first-order valence-corrected chi connectivity index (χ1v) is 10.9. The number of piperazine rings is 1. The lowest BCUT2D eigenvalue weighted by Gasteiger charge is -2.39. The molecule has 0 radical (unpaired) electrons. The molecule has 2 aromatic carbocycles. The van der Waals surface area contributed by atoms with Gasteiger partial charge in [0.1, 0.15) is 5.75 Å². The predicted octanol–water partition coefficient (Wildman–Crippen LogP) is 3.77. The Labute approximate surface area is 196 Å². The van der Waals surface area contributed by atoms with Crippen LogP contribution in [0.2, 0.25) is 0 Å². The number of methoxy groups -OCH3 is 1. The molecule has 4 rings (SSSR count). The number of hydrogen-bond donors (Lipinski definition) is 0. The van der Waals surface area contributed by atoms with Gasteiger partial charge in [-0.15, -0.1) is 17.5 Å². The van der Waals surface area contributed by atoms with Gasteiger partial charge in [0.2, 0.25) is 0 Å². The number of para-hydroxylation sites is 1. The van der Waals surface area contributed by atoms with E-state index < -0.39 is 0 Å². The first kappa shape index (κ1) is 24.2. The van der Waals surface area contributed by atoms with Gasteiger partial charge in [-0.3, -0.25) is 9.80 Å². The molecule has 0 N–H and O–H groups in total. The van der Waals surface area contributed by atoms with Gasteiger partial charge >= 0.3 is 0 Å². The van der Waals surface area contributed by atoms with Gasteiger partial charge in [-0.2, -0.15) is 0 Å². The molecule has 0 amide bonds. The minimum atomic E-state index is -0.183. The smallest absolute Gasteiger partial charge is 0.173 e. The minimum Gasteiger partial charge on any atom is -0.496 e. The van der Waals surface area contributed by atoms with E-state index in [1.807, 2.05) is 16.8 Å². The third kappa shape index (κ3) is 5.28. The van der Waals surface area contributed by atoms with Crippen LogP contribution in [0.1, 0.15) is 43.8 Å². The van der Waals surface area contributed by atoms with Crippen molar-refractivity contribution in [2.45, 2.75) is 38.9 Å². The number of benzene rings is 2. The second-order valence-electron chi connectivity index (χ2n) is 9.06. The molecule has 32 heavy (non-hydrogen) atoms. The monoisotopic (exact) mass is 456 g/mol. The van der Waals surface area contributed by atoms with Gasteiger partial charge < -0.3 is 4.74 Å². The molecule has 0 bridgehead atoms. The van der Waals surface area contributed by atoms with Gasteiger partial charge in [-0.05, 0) is 42.8 Å². The molecule has 0 spiro atoms. The number of aromatic nitrogens is 4. The molecule has 1 fully saturated rings. The molecule has 1 saturated heterocycles. The number of ether oxygens (including phenoxy) is 1. The number of rotatable bonds is 6. The SMILES string of the molecule is COc1ccccc1CN1CCN(C(c2ccccc2)c2nnnn2C(C)(C)C)CC1.Cl. The summed E-state index contributed by atoms with van der Waals surface area (Å²) in [6.45, 7) is 11.2. The summed E-state index contributed by atoms with van der Waals surface area (Å²) >= 11 is 0. The molecular weight excluding hydrogens is 424 g/mol. The highest BCUT2D eigenvalue weighted by Crippen LogP contribution is 2.30. The molecule has 3 aromatic rings. The zero-order chi connectivity index (χ0) is 21.8. The quantitative estimate of drug-likeness (QED) is 0.562. The minimum absolute atomic E-state index is 0. The summed E-state index contributed by atoms with van der Waals surface area (Å²) in [4.78, 5) is 4.99. The zero-order valence-electron chi connectivity index (χ0n) is 19.3. The molecule has 1 aliphatic heterocycles. The van der Waals surface area contributed by atoms with E-state index in [1.165, 1.54) is 11.1 Å². The van der Waals surface area contributed by atoms with Crippen LogP contribution in [0.4, 0.5) is 0 Å². The van der Waals surface area contributed by atoms with Crippen molar-refractivity contribution < 1.29 is 4.74 Å². The van der Waals surface area contributed by atoms with Crippen LogP contribution in [0.5, 0.6) is 5.75 Å². The Hall–Kier alpha value is -2.48. The van der Waals surface area contributed by atoms with Crippen molar-refractivity contribution in [1.82, 2.24) is 30.0 Å². The lowest BCUT2D eigenvalue weighted by molar-refractivity contribution is 0.0974. The van der Waals surface area contributed by atoms with E-state index in [1.54, 1.807) is 7.11 Å². The summed E-state index contributed by atoms with van der Waals surface area (Å²) in [5.74, 6) is 1.85. The van der Waals surface area contributed by atoms with Crippen molar-refractivity contribution in [3.8, 4) is 5.75 Å². The molecule has 0 saturated carbocycles. The van der Waals surface area contributed by atoms with E-state index in [4.69, 9.17) is 4.74 Å². The standard InChI is InChI=1S/C24H32N6O.ClH/c1-24(2,3)30-23(25-26-27-30)22(19-10-6-5-7-11-19)29-16-14-28(15-17-29)18-20-12-8-9-13-21(20)31-4;/h5-13,22H,14-18H2,1-4H3;1H. The van der Waals surface area contributed by atoms with Gasteiger partial charge in [0.25, 0.3) is 0 Å². The Balaban J connectivity index is 0.00000289. The van der Waals surface area contributed by atoms with Crippen LogP contribution in [-0.2, 0) is 12.1 Å². The Bertz CT molecular complexity index is 979. The van der Waals surface area contributed by atoms with Crippen LogP contribution >= 0.6 is 12.4 Å². The maximum atomic E-state index is 5.54. The van der Waals surface area contributed by atoms with Crippen LogP contribution < -0.4 is 4.74 Å². The van der Waals surface area contributed by atoms with E-state index in [9.17, 15) is 0 Å². The molecule has 7 nitrogen and oxygen atoms in total. The van der Waals surface area contributed by atoms with Gasteiger partial charge in [-0.1, -0.05) is 48.5 Å². The maximum Gasteiger partial charge on any atom is 0.173 e. The fraction of sp³-hybridized carbons (Fsp3) is 0.458. The van der Waals surface area contributed by atoms with Crippen molar-refractivity contribution in [3.63, 3.8) is 0 Å². The molecular formula is C24H33ClN6O. The topological polar surface area (TPSA) is 59.3 Å². The highest BCUT2D eigenvalue weighted by molar-refractivity contribution is 5.85. The highest BCUT2D eigenvalue weighted by atomic mass is 35.5. The summed E-state index contributed by atoms with van der Waals surface area (Å²) in [5, 5.41) is 12.8. The molecule has 8 heteroatoms. The molecule has 0 aliphatic carbocycles. The van der Waals surface area contributed by atoms with Crippen LogP contribution in [0.15, 0.2) is 54.6 Å². The number of tetrazole rings is 1. The van der Waals surface area contributed by atoms with Gasteiger partial charge in [0.05, 0.1) is 18.7 Å². The van der Waals surface area contributed by atoms with Crippen LogP contribution in [0.25, 0.3) is 0 Å². The van der Waals surface area contributed by atoms with Gasteiger partial charge in [-0.25, -0.2) is 4.68 Å². The van der Waals surface area contributed by atoms with Crippen LogP contribution in [0.3, 0.4) is 0 Å². The van der Waals surface area contributed by atoms with E-state index in [0.717, 1.165) is 44.3 Å². The highest BCUT2D eigenvalue weighted by Gasteiger charge is 2.33. The van der Waals surface area contributed by atoms with Crippen molar-refractivity contribution in [1.29, 1.82) is 0 Å². The lowest BCUT2D eigenvalue weighted by Crippen LogP contribution is -2.48. The Kier molecular flexibility index (Phi) is 7.87. The normalized spacial score (nSPS) is 16.4. The van der Waals surface area contributed by atoms with Crippen molar-refractivity contribution >= 4 is 12.4 Å². The second kappa shape index (κ2) is 10.4. The third-order valence-corrected chi connectivity index (χ3v) is 5.85. The summed E-state index contributed by atoms with van der Waals surface area (Å²) in [7, 11) is 1.74. The first-order chi connectivity index (χ1) is 15.0. The fourth-order valence-corrected chi connectivity index (χ4v) is 4.25. The average molecular weight is 457 g/mol. The maximum absolute atomic E-state index is 5.54. The first-order valence-electron chi connectivity index (χ1n) is 10.9.